The zero-order valence-corrected chi connectivity index (χ0v) is 11.3. The molecule has 0 N–H and O–H groups in total. The number of carbonyl (C=O) groups excluding carboxylic acids is 1. The Labute approximate surface area is 100 Å². The molecule has 1 nitrogen and oxygen atoms in total. The molecule has 0 heterocycles. The molecule has 0 fully saturated rings. The highest BCUT2D eigenvalue weighted by Crippen LogP contribution is 2.28. The largest absolute Gasteiger partial charge is 0.295 e. The third kappa shape index (κ3) is 4.96. The van der Waals surface area contributed by atoms with Crippen molar-refractivity contribution in [3.8, 4) is 0 Å². The van der Waals surface area contributed by atoms with Gasteiger partial charge in [0.25, 0.3) is 0 Å². The molecule has 1 aliphatic carbocycles. The summed E-state index contributed by atoms with van der Waals surface area (Å²) in [6.45, 7) is 8.93. The predicted octanol–water partition coefficient (Wildman–Crippen LogP) is 4.52. The van der Waals surface area contributed by atoms with E-state index in [1.165, 1.54) is 12.8 Å². The lowest BCUT2D eigenvalue weighted by molar-refractivity contribution is -0.116. The Balaban J connectivity index is 2.41. The van der Waals surface area contributed by atoms with Gasteiger partial charge in [0.1, 0.15) is 0 Å². The number of Topliss-reactive ketones (excluding diaryl/α,β-unsaturated/α-hetero) is 1. The molecule has 1 rings (SSSR count). The van der Waals surface area contributed by atoms with Gasteiger partial charge in [-0.15, -0.1) is 0 Å². The molecule has 1 aliphatic rings. The summed E-state index contributed by atoms with van der Waals surface area (Å²) in [6, 6.07) is 0. The molecule has 0 aliphatic heterocycles. The first-order valence-electron chi connectivity index (χ1n) is 6.61. The highest BCUT2D eigenvalue weighted by molar-refractivity contribution is 5.95. The van der Waals surface area contributed by atoms with Crippen molar-refractivity contribution in [1.82, 2.24) is 0 Å². The van der Waals surface area contributed by atoms with Crippen LogP contribution < -0.4 is 0 Å². The van der Waals surface area contributed by atoms with Crippen molar-refractivity contribution in [2.75, 3.05) is 0 Å². The summed E-state index contributed by atoms with van der Waals surface area (Å²) in [5, 5.41) is 0. The zero-order valence-electron chi connectivity index (χ0n) is 11.3. The van der Waals surface area contributed by atoms with Crippen LogP contribution >= 0.6 is 0 Å². The summed E-state index contributed by atoms with van der Waals surface area (Å²) in [6.07, 6.45) is 8.61. The van der Waals surface area contributed by atoms with Crippen molar-refractivity contribution in [3.63, 3.8) is 0 Å². The van der Waals surface area contributed by atoms with Crippen LogP contribution in [0.2, 0.25) is 0 Å². The van der Waals surface area contributed by atoms with E-state index in [9.17, 15) is 4.79 Å². The minimum absolute atomic E-state index is 0.334. The van der Waals surface area contributed by atoms with Crippen LogP contribution in [0.1, 0.15) is 66.2 Å². The van der Waals surface area contributed by atoms with Crippen LogP contribution in [0.25, 0.3) is 0 Å². The third-order valence-electron chi connectivity index (χ3n) is 3.14. The summed E-state index contributed by atoms with van der Waals surface area (Å²) in [5.41, 5.74) is 1.44. The molecule has 0 aromatic heterocycles. The summed E-state index contributed by atoms with van der Waals surface area (Å²) >= 11 is 0. The number of rotatable bonds is 4. The van der Waals surface area contributed by atoms with Gasteiger partial charge >= 0.3 is 0 Å². The monoisotopic (exact) mass is 222 g/mol. The van der Waals surface area contributed by atoms with Gasteiger partial charge in [-0.1, -0.05) is 33.8 Å². The zero-order chi connectivity index (χ0) is 12.2. The molecule has 0 radical (unpaired) electrons. The van der Waals surface area contributed by atoms with Crippen LogP contribution in [0.4, 0.5) is 0 Å². The maximum absolute atomic E-state index is 12.0. The fourth-order valence-electron chi connectivity index (χ4n) is 2.66. The Kier molecular flexibility index (Phi) is 4.76. The van der Waals surface area contributed by atoms with Crippen LogP contribution in [0.3, 0.4) is 0 Å². The van der Waals surface area contributed by atoms with Gasteiger partial charge in [-0.25, -0.2) is 0 Å². The first-order chi connectivity index (χ1) is 7.38. The molecule has 1 atom stereocenters. The van der Waals surface area contributed by atoms with Gasteiger partial charge in [-0.05, 0) is 49.0 Å². The molecule has 92 valence electrons. The Hall–Kier alpha value is -0.590. The maximum atomic E-state index is 12.0. The average molecular weight is 222 g/mol. The Bertz CT molecular complexity index is 268. The molecule has 0 saturated carbocycles. The molecule has 0 bridgehead atoms. The van der Waals surface area contributed by atoms with E-state index < -0.39 is 0 Å². The van der Waals surface area contributed by atoms with E-state index in [1.807, 2.05) is 0 Å². The molecule has 0 spiro atoms. The van der Waals surface area contributed by atoms with Crippen molar-refractivity contribution in [3.05, 3.63) is 11.6 Å². The molecule has 0 aromatic rings. The van der Waals surface area contributed by atoms with Gasteiger partial charge in [0.2, 0.25) is 0 Å². The molecule has 0 saturated heterocycles. The fourth-order valence-corrected chi connectivity index (χ4v) is 2.66. The van der Waals surface area contributed by atoms with E-state index in [2.05, 4.69) is 33.8 Å². The van der Waals surface area contributed by atoms with Crippen LogP contribution in [0.15, 0.2) is 11.6 Å². The Morgan fingerprint density at radius 1 is 1.38 bits per heavy atom. The second-order valence-corrected chi connectivity index (χ2v) is 6.47. The molecule has 1 unspecified atom stereocenters. The normalized spacial score (nSPS) is 19.1. The highest BCUT2D eigenvalue weighted by atomic mass is 16.1. The van der Waals surface area contributed by atoms with Crippen LogP contribution in [-0.2, 0) is 4.79 Å². The Morgan fingerprint density at radius 2 is 2.06 bits per heavy atom. The highest BCUT2D eigenvalue weighted by Gasteiger charge is 2.19. The van der Waals surface area contributed by atoms with Gasteiger partial charge in [-0.3, -0.25) is 4.79 Å². The standard InChI is InChI=1S/C15H26O/c1-12(11-15(2,3)4)10-14(16)13-8-6-5-7-9-13/h8,12H,5-7,9-11H2,1-4H3. The molecule has 0 amide bonds. The van der Waals surface area contributed by atoms with E-state index in [-0.39, 0.29) is 0 Å². The van der Waals surface area contributed by atoms with Crippen molar-refractivity contribution in [2.24, 2.45) is 11.3 Å². The number of hydrogen-bond acceptors (Lipinski definition) is 1. The first kappa shape index (κ1) is 13.5. The molecule has 16 heavy (non-hydrogen) atoms. The SMILES string of the molecule is CC(CC(=O)C1=CCCCC1)CC(C)(C)C. The lowest BCUT2D eigenvalue weighted by atomic mass is 9.82. The van der Waals surface area contributed by atoms with Crippen molar-refractivity contribution >= 4 is 5.78 Å². The van der Waals surface area contributed by atoms with Crippen LogP contribution in [0, 0.1) is 11.3 Å². The van der Waals surface area contributed by atoms with Crippen molar-refractivity contribution in [1.29, 1.82) is 0 Å². The predicted molar refractivity (Wildman–Crippen MR) is 69.4 cm³/mol. The lowest BCUT2D eigenvalue weighted by Crippen LogP contribution is -2.16. The minimum Gasteiger partial charge on any atom is -0.295 e. The number of hydrogen-bond donors (Lipinski definition) is 0. The fraction of sp³-hybridized carbons (Fsp3) is 0.800. The van der Waals surface area contributed by atoms with Gasteiger partial charge in [0.15, 0.2) is 5.78 Å². The summed E-state index contributed by atoms with van der Waals surface area (Å²) in [7, 11) is 0. The molecular weight excluding hydrogens is 196 g/mol. The van der Waals surface area contributed by atoms with E-state index in [1.54, 1.807) is 0 Å². The van der Waals surface area contributed by atoms with Gasteiger partial charge in [0, 0.05) is 6.42 Å². The molecule has 0 aromatic carbocycles. The van der Waals surface area contributed by atoms with Crippen molar-refractivity contribution < 1.29 is 4.79 Å². The summed E-state index contributed by atoms with van der Waals surface area (Å²) in [4.78, 5) is 12.0. The first-order valence-corrected chi connectivity index (χ1v) is 6.61. The lowest BCUT2D eigenvalue weighted by Gasteiger charge is -2.23. The van der Waals surface area contributed by atoms with Gasteiger partial charge < -0.3 is 0 Å². The summed E-state index contributed by atoms with van der Waals surface area (Å²) < 4.78 is 0. The van der Waals surface area contributed by atoms with Gasteiger partial charge in [-0.2, -0.15) is 0 Å². The van der Waals surface area contributed by atoms with E-state index in [0.717, 1.165) is 31.3 Å². The number of carbonyl (C=O) groups is 1. The second-order valence-electron chi connectivity index (χ2n) is 6.47. The smallest absolute Gasteiger partial charge is 0.158 e. The van der Waals surface area contributed by atoms with Gasteiger partial charge in [0.05, 0.1) is 0 Å². The van der Waals surface area contributed by atoms with E-state index >= 15 is 0 Å². The Morgan fingerprint density at radius 3 is 2.56 bits per heavy atom. The van der Waals surface area contributed by atoms with Crippen molar-refractivity contribution in [2.45, 2.75) is 66.2 Å². The van der Waals surface area contributed by atoms with Crippen LogP contribution in [-0.4, -0.2) is 5.78 Å². The quantitative estimate of drug-likeness (QED) is 0.683. The van der Waals surface area contributed by atoms with Crippen LogP contribution in [0.5, 0.6) is 0 Å². The maximum Gasteiger partial charge on any atom is 0.158 e. The third-order valence-corrected chi connectivity index (χ3v) is 3.14. The minimum atomic E-state index is 0.334. The second kappa shape index (κ2) is 5.65. The number of allylic oxidation sites excluding steroid dienone is 2. The number of ketones is 1. The average Bonchev–Trinajstić information content (AvgIpc) is 2.16. The summed E-state index contributed by atoms with van der Waals surface area (Å²) in [5.74, 6) is 0.909. The van der Waals surface area contributed by atoms with E-state index in [0.29, 0.717) is 17.1 Å². The topological polar surface area (TPSA) is 17.1 Å². The molecule has 1 heteroatoms. The van der Waals surface area contributed by atoms with E-state index in [4.69, 9.17) is 0 Å². The molecular formula is C15H26O.